The Kier molecular flexibility index (Phi) is 4.24. The van der Waals surface area contributed by atoms with Gasteiger partial charge < -0.3 is 9.52 Å². The summed E-state index contributed by atoms with van der Waals surface area (Å²) in [5.41, 5.74) is 1.30. The third-order valence-electron chi connectivity index (χ3n) is 3.73. The Bertz CT molecular complexity index is 357. The van der Waals surface area contributed by atoms with Crippen LogP contribution in [0.15, 0.2) is 10.5 Å². The van der Waals surface area contributed by atoms with Crippen molar-refractivity contribution in [2.24, 2.45) is 0 Å². The normalized spacial score (nSPS) is 21.9. The minimum Gasteiger partial charge on any atom is -0.466 e. The van der Waals surface area contributed by atoms with E-state index in [1.54, 1.807) is 0 Å². The molecule has 2 rings (SSSR count). The Morgan fingerprint density at radius 1 is 1.41 bits per heavy atom. The molecule has 0 saturated carbocycles. The van der Waals surface area contributed by atoms with Crippen LogP contribution >= 0.6 is 0 Å². The van der Waals surface area contributed by atoms with Crippen molar-refractivity contribution in [3.63, 3.8) is 0 Å². The Morgan fingerprint density at radius 2 is 2.24 bits per heavy atom. The van der Waals surface area contributed by atoms with E-state index in [-0.39, 0.29) is 0 Å². The van der Waals surface area contributed by atoms with E-state index in [0.717, 1.165) is 31.0 Å². The third kappa shape index (κ3) is 3.11. The largest absolute Gasteiger partial charge is 0.466 e. The van der Waals surface area contributed by atoms with Crippen LogP contribution in [-0.4, -0.2) is 29.2 Å². The van der Waals surface area contributed by atoms with Gasteiger partial charge in [0.05, 0.1) is 0 Å². The molecule has 3 heteroatoms. The molecule has 1 aromatic rings. The topological polar surface area (TPSA) is 36.6 Å². The van der Waals surface area contributed by atoms with Gasteiger partial charge in [0.25, 0.3) is 0 Å². The van der Waals surface area contributed by atoms with E-state index in [0.29, 0.717) is 12.6 Å². The first kappa shape index (κ1) is 12.7. The molecule has 1 unspecified atom stereocenters. The van der Waals surface area contributed by atoms with Gasteiger partial charge in [0, 0.05) is 24.8 Å². The molecule has 96 valence electrons. The van der Waals surface area contributed by atoms with Gasteiger partial charge in [0.2, 0.25) is 0 Å². The zero-order chi connectivity index (χ0) is 12.3. The van der Waals surface area contributed by atoms with Crippen molar-refractivity contribution in [2.45, 2.75) is 52.1 Å². The molecule has 1 aliphatic rings. The van der Waals surface area contributed by atoms with Crippen LogP contribution in [0.1, 0.15) is 42.8 Å². The molecule has 0 aromatic carbocycles. The van der Waals surface area contributed by atoms with E-state index in [4.69, 9.17) is 9.52 Å². The smallest absolute Gasteiger partial charge is 0.105 e. The second-order valence-electron chi connectivity index (χ2n) is 5.07. The maximum atomic E-state index is 9.12. The number of furan rings is 1. The molecular formula is C14H23NO2. The Hall–Kier alpha value is -0.800. The van der Waals surface area contributed by atoms with Crippen LogP contribution in [0.25, 0.3) is 0 Å². The minimum atomic E-state index is 0.296. The highest BCUT2D eigenvalue weighted by Gasteiger charge is 2.22. The number of piperidine rings is 1. The summed E-state index contributed by atoms with van der Waals surface area (Å²) in [7, 11) is 0. The monoisotopic (exact) mass is 237 g/mol. The number of hydrogen-bond donors (Lipinski definition) is 1. The van der Waals surface area contributed by atoms with Crippen LogP contribution in [0.3, 0.4) is 0 Å². The van der Waals surface area contributed by atoms with Crippen molar-refractivity contribution in [3.05, 3.63) is 23.2 Å². The molecule has 0 amide bonds. The van der Waals surface area contributed by atoms with Gasteiger partial charge in [0.1, 0.15) is 11.5 Å². The highest BCUT2D eigenvalue weighted by atomic mass is 16.3. The number of hydrogen-bond acceptors (Lipinski definition) is 3. The van der Waals surface area contributed by atoms with Gasteiger partial charge in [-0.3, -0.25) is 4.90 Å². The van der Waals surface area contributed by atoms with Crippen LogP contribution in [0.5, 0.6) is 0 Å². The number of aliphatic hydroxyl groups excluding tert-OH is 1. The molecule has 0 radical (unpaired) electrons. The zero-order valence-electron chi connectivity index (χ0n) is 10.9. The lowest BCUT2D eigenvalue weighted by Gasteiger charge is -2.35. The SMILES string of the molecule is Cc1cc(CN2CCCCC2CCO)c(C)o1. The molecule has 0 bridgehead atoms. The van der Waals surface area contributed by atoms with Crippen molar-refractivity contribution in [1.82, 2.24) is 4.90 Å². The lowest BCUT2D eigenvalue weighted by Crippen LogP contribution is -2.39. The lowest BCUT2D eigenvalue weighted by atomic mass is 9.99. The molecule has 0 spiro atoms. The van der Waals surface area contributed by atoms with E-state index in [9.17, 15) is 0 Å². The fourth-order valence-electron chi connectivity index (χ4n) is 2.80. The molecule has 1 atom stereocenters. The average molecular weight is 237 g/mol. The van der Waals surface area contributed by atoms with E-state index in [2.05, 4.69) is 11.0 Å². The van der Waals surface area contributed by atoms with Crippen molar-refractivity contribution in [2.75, 3.05) is 13.2 Å². The highest BCUT2D eigenvalue weighted by Crippen LogP contribution is 2.24. The number of aliphatic hydroxyl groups is 1. The average Bonchev–Trinajstić information content (AvgIpc) is 2.61. The molecule has 1 N–H and O–H groups in total. The molecule has 3 nitrogen and oxygen atoms in total. The summed E-state index contributed by atoms with van der Waals surface area (Å²) in [4.78, 5) is 2.50. The summed E-state index contributed by atoms with van der Waals surface area (Å²) in [5, 5.41) is 9.12. The predicted molar refractivity (Wildman–Crippen MR) is 67.9 cm³/mol. The van der Waals surface area contributed by atoms with Crippen LogP contribution in [0.2, 0.25) is 0 Å². The minimum absolute atomic E-state index is 0.296. The van der Waals surface area contributed by atoms with Gasteiger partial charge in [0.15, 0.2) is 0 Å². The molecule has 0 aliphatic carbocycles. The Morgan fingerprint density at radius 3 is 2.88 bits per heavy atom. The van der Waals surface area contributed by atoms with E-state index in [1.807, 2.05) is 13.8 Å². The summed E-state index contributed by atoms with van der Waals surface area (Å²) in [6.07, 6.45) is 4.69. The second kappa shape index (κ2) is 5.69. The molecule has 1 aliphatic heterocycles. The van der Waals surface area contributed by atoms with Crippen molar-refractivity contribution in [1.29, 1.82) is 0 Å². The molecule has 17 heavy (non-hydrogen) atoms. The van der Waals surface area contributed by atoms with Gasteiger partial charge >= 0.3 is 0 Å². The summed E-state index contributed by atoms with van der Waals surface area (Å²) in [5.74, 6) is 2.03. The van der Waals surface area contributed by atoms with Crippen LogP contribution in [0, 0.1) is 13.8 Å². The number of rotatable bonds is 4. The molecular weight excluding hydrogens is 214 g/mol. The van der Waals surface area contributed by atoms with Crippen molar-refractivity contribution in [3.8, 4) is 0 Å². The summed E-state index contributed by atoms with van der Waals surface area (Å²) in [6, 6.07) is 2.68. The fourth-order valence-corrected chi connectivity index (χ4v) is 2.80. The molecule has 1 saturated heterocycles. The fraction of sp³-hybridized carbons (Fsp3) is 0.714. The van der Waals surface area contributed by atoms with Crippen LogP contribution < -0.4 is 0 Å². The van der Waals surface area contributed by atoms with E-state index < -0.39 is 0 Å². The van der Waals surface area contributed by atoms with Gasteiger partial charge in [-0.15, -0.1) is 0 Å². The lowest BCUT2D eigenvalue weighted by molar-refractivity contribution is 0.112. The van der Waals surface area contributed by atoms with E-state index in [1.165, 1.54) is 24.8 Å². The summed E-state index contributed by atoms with van der Waals surface area (Å²) < 4.78 is 5.58. The van der Waals surface area contributed by atoms with Crippen LogP contribution in [0.4, 0.5) is 0 Å². The molecule has 1 fully saturated rings. The van der Waals surface area contributed by atoms with E-state index >= 15 is 0 Å². The first-order chi connectivity index (χ1) is 8.20. The first-order valence-electron chi connectivity index (χ1n) is 6.61. The number of nitrogens with zero attached hydrogens (tertiary/aromatic N) is 1. The van der Waals surface area contributed by atoms with Gasteiger partial charge in [-0.25, -0.2) is 0 Å². The van der Waals surface area contributed by atoms with Gasteiger partial charge in [-0.2, -0.15) is 0 Å². The molecule has 2 heterocycles. The zero-order valence-corrected chi connectivity index (χ0v) is 10.9. The Balaban J connectivity index is 2.02. The van der Waals surface area contributed by atoms with Crippen LogP contribution in [-0.2, 0) is 6.54 Å². The summed E-state index contributed by atoms with van der Waals surface area (Å²) in [6.45, 7) is 6.44. The van der Waals surface area contributed by atoms with Gasteiger partial charge in [-0.05, 0) is 45.7 Å². The van der Waals surface area contributed by atoms with Crippen molar-refractivity contribution >= 4 is 0 Å². The summed E-state index contributed by atoms with van der Waals surface area (Å²) >= 11 is 0. The maximum absolute atomic E-state index is 9.12. The number of likely N-dealkylation sites (tertiary alicyclic amines) is 1. The maximum Gasteiger partial charge on any atom is 0.105 e. The first-order valence-corrected chi connectivity index (χ1v) is 6.61. The quantitative estimate of drug-likeness (QED) is 0.874. The Labute approximate surface area is 103 Å². The third-order valence-corrected chi connectivity index (χ3v) is 3.73. The van der Waals surface area contributed by atoms with Crippen molar-refractivity contribution < 1.29 is 9.52 Å². The standard InChI is InChI=1S/C14H23NO2/c1-11-9-13(12(2)17-11)10-15-7-4-3-5-14(15)6-8-16/h9,14,16H,3-8,10H2,1-2H3. The van der Waals surface area contributed by atoms with Gasteiger partial charge in [-0.1, -0.05) is 6.42 Å². The predicted octanol–water partition coefficient (Wildman–Crippen LogP) is 2.63. The second-order valence-corrected chi connectivity index (χ2v) is 5.07. The highest BCUT2D eigenvalue weighted by molar-refractivity contribution is 5.20. The molecule has 1 aromatic heterocycles. The number of aryl methyl sites for hydroxylation is 2.